The quantitative estimate of drug-likeness (QED) is 0.845. The van der Waals surface area contributed by atoms with Crippen LogP contribution in [-0.2, 0) is 11.3 Å². The van der Waals surface area contributed by atoms with Crippen LogP contribution >= 0.6 is 0 Å². The van der Waals surface area contributed by atoms with Gasteiger partial charge in [0.25, 0.3) is 5.91 Å². The maximum atomic E-state index is 12.7. The van der Waals surface area contributed by atoms with Crippen LogP contribution in [0.3, 0.4) is 0 Å². The molecule has 1 spiro atoms. The summed E-state index contributed by atoms with van der Waals surface area (Å²) >= 11 is 0. The Morgan fingerprint density at radius 1 is 1.15 bits per heavy atom. The number of hydrogen-bond donors (Lipinski definition) is 1. The number of nitrogens with one attached hydrogen (secondary N) is 1. The first-order chi connectivity index (χ1) is 13.1. The van der Waals surface area contributed by atoms with Crippen molar-refractivity contribution in [2.75, 3.05) is 18.0 Å². The van der Waals surface area contributed by atoms with E-state index in [0.717, 1.165) is 11.4 Å². The molecule has 0 atom stereocenters. The summed E-state index contributed by atoms with van der Waals surface area (Å²) in [5, 5.41) is 11.6. The van der Waals surface area contributed by atoms with Gasteiger partial charge >= 0.3 is 6.03 Å². The smallest absolute Gasteiger partial charge is 0.325 e. The molecule has 0 unspecified atom stereocenters. The number of anilines is 1. The summed E-state index contributed by atoms with van der Waals surface area (Å²) in [5.41, 5.74) is 0.725. The minimum absolute atomic E-state index is 0.221. The Morgan fingerprint density at radius 3 is 2.59 bits per heavy atom. The molecule has 3 amide bonds. The summed E-state index contributed by atoms with van der Waals surface area (Å²) in [6.07, 6.45) is 2.66. The molecular weight excluding hydrogens is 342 g/mol. The highest BCUT2D eigenvalue weighted by molar-refractivity contribution is 6.07. The van der Waals surface area contributed by atoms with Gasteiger partial charge in [0.1, 0.15) is 11.4 Å². The molecule has 3 heterocycles. The van der Waals surface area contributed by atoms with Crippen molar-refractivity contribution < 1.29 is 9.59 Å². The molecule has 0 bridgehead atoms. The van der Waals surface area contributed by atoms with Gasteiger partial charge in [-0.2, -0.15) is 5.26 Å². The minimum atomic E-state index is -0.823. The van der Waals surface area contributed by atoms with Gasteiger partial charge in [0.15, 0.2) is 0 Å². The van der Waals surface area contributed by atoms with Gasteiger partial charge in [-0.05, 0) is 30.5 Å². The molecule has 27 heavy (non-hydrogen) atoms. The number of hydrogen-bond acceptors (Lipinski definition) is 5. The highest BCUT2D eigenvalue weighted by Crippen LogP contribution is 2.35. The maximum absolute atomic E-state index is 12.7. The highest BCUT2D eigenvalue weighted by atomic mass is 16.2. The molecule has 1 N–H and O–H groups in total. The molecule has 2 aromatic rings. The van der Waals surface area contributed by atoms with Gasteiger partial charge in [0, 0.05) is 25.8 Å². The van der Waals surface area contributed by atoms with E-state index in [-0.39, 0.29) is 11.9 Å². The molecule has 1 aromatic heterocycles. The van der Waals surface area contributed by atoms with Crippen LogP contribution < -0.4 is 10.2 Å². The lowest BCUT2D eigenvalue weighted by atomic mass is 9.85. The number of imide groups is 1. The van der Waals surface area contributed by atoms with Crippen LogP contribution in [0.2, 0.25) is 0 Å². The fourth-order valence-corrected chi connectivity index (χ4v) is 3.85. The molecule has 7 heteroatoms. The van der Waals surface area contributed by atoms with Gasteiger partial charge in [-0.15, -0.1) is 0 Å². The van der Waals surface area contributed by atoms with Gasteiger partial charge in [-0.3, -0.25) is 10.1 Å². The van der Waals surface area contributed by atoms with Crippen LogP contribution in [0.15, 0.2) is 48.7 Å². The second kappa shape index (κ2) is 6.72. The number of amides is 3. The standard InChI is InChI=1S/C20H19N5O2/c21-13-16-6-9-22-17(12-16)24-10-7-20(8-11-24)18(26)23-19(27)25(20)14-15-4-2-1-3-5-15/h1-6,9,12H,7-8,10-11,14H2,(H,23,26,27). The summed E-state index contributed by atoms with van der Waals surface area (Å²) in [4.78, 5) is 33.2. The summed E-state index contributed by atoms with van der Waals surface area (Å²) in [6, 6.07) is 14.9. The van der Waals surface area contributed by atoms with Crippen molar-refractivity contribution in [2.24, 2.45) is 0 Å². The molecule has 0 saturated carbocycles. The van der Waals surface area contributed by atoms with E-state index in [4.69, 9.17) is 5.26 Å². The molecule has 2 aliphatic rings. The van der Waals surface area contributed by atoms with Crippen molar-refractivity contribution in [3.05, 3.63) is 59.8 Å². The number of nitriles is 1. The molecule has 1 aromatic carbocycles. The van der Waals surface area contributed by atoms with Gasteiger partial charge in [-0.1, -0.05) is 30.3 Å². The molecule has 0 aliphatic carbocycles. The normalized spacial score (nSPS) is 18.5. The SMILES string of the molecule is N#Cc1ccnc(N2CCC3(CC2)C(=O)NC(=O)N3Cc2ccccc2)c1. The van der Waals surface area contributed by atoms with Gasteiger partial charge in [-0.25, -0.2) is 9.78 Å². The summed E-state index contributed by atoms with van der Waals surface area (Å²) in [5.74, 6) is 0.505. The lowest BCUT2D eigenvalue weighted by molar-refractivity contribution is -0.127. The monoisotopic (exact) mass is 361 g/mol. The number of carbonyl (C=O) groups excluding carboxylic acids is 2. The third kappa shape index (κ3) is 2.99. The van der Waals surface area contributed by atoms with Crippen LogP contribution in [0.4, 0.5) is 10.6 Å². The van der Waals surface area contributed by atoms with E-state index in [1.165, 1.54) is 0 Å². The number of nitrogens with zero attached hydrogens (tertiary/aromatic N) is 4. The average Bonchev–Trinajstić information content (AvgIpc) is 2.93. The van der Waals surface area contributed by atoms with Crippen molar-refractivity contribution in [1.82, 2.24) is 15.2 Å². The van der Waals surface area contributed by atoms with Crippen LogP contribution in [0.5, 0.6) is 0 Å². The second-order valence-corrected chi connectivity index (χ2v) is 6.86. The van der Waals surface area contributed by atoms with E-state index < -0.39 is 5.54 Å². The topological polar surface area (TPSA) is 89.3 Å². The number of urea groups is 1. The molecule has 2 saturated heterocycles. The fourth-order valence-electron chi connectivity index (χ4n) is 3.85. The Morgan fingerprint density at radius 2 is 1.89 bits per heavy atom. The highest BCUT2D eigenvalue weighted by Gasteiger charge is 2.53. The predicted molar refractivity (Wildman–Crippen MR) is 98.7 cm³/mol. The van der Waals surface area contributed by atoms with Crippen LogP contribution in [-0.4, -0.2) is 40.5 Å². The van der Waals surface area contributed by atoms with Crippen molar-refractivity contribution in [1.29, 1.82) is 5.26 Å². The lowest BCUT2D eigenvalue weighted by Gasteiger charge is -2.42. The fraction of sp³-hybridized carbons (Fsp3) is 0.300. The van der Waals surface area contributed by atoms with Crippen molar-refractivity contribution in [3.8, 4) is 6.07 Å². The Labute approximate surface area is 157 Å². The lowest BCUT2D eigenvalue weighted by Crippen LogP contribution is -2.56. The second-order valence-electron chi connectivity index (χ2n) is 6.86. The van der Waals surface area contributed by atoms with Gasteiger partial charge in [0.05, 0.1) is 11.6 Å². The largest absolute Gasteiger partial charge is 0.356 e. The minimum Gasteiger partial charge on any atom is -0.356 e. The number of piperidine rings is 1. The van der Waals surface area contributed by atoms with E-state index in [0.29, 0.717) is 38.0 Å². The van der Waals surface area contributed by atoms with Crippen molar-refractivity contribution in [2.45, 2.75) is 24.9 Å². The molecular formula is C20H19N5O2. The Bertz CT molecular complexity index is 913. The number of pyridine rings is 1. The van der Waals surface area contributed by atoms with Gasteiger partial charge < -0.3 is 9.80 Å². The van der Waals surface area contributed by atoms with Gasteiger partial charge in [0.2, 0.25) is 0 Å². The zero-order valence-corrected chi connectivity index (χ0v) is 14.8. The van der Waals surface area contributed by atoms with Crippen LogP contribution in [0.25, 0.3) is 0 Å². The van der Waals surface area contributed by atoms with E-state index in [9.17, 15) is 9.59 Å². The van der Waals surface area contributed by atoms with E-state index >= 15 is 0 Å². The number of aromatic nitrogens is 1. The third-order valence-corrected chi connectivity index (χ3v) is 5.38. The molecule has 0 radical (unpaired) electrons. The molecule has 4 rings (SSSR count). The summed E-state index contributed by atoms with van der Waals surface area (Å²) in [6.45, 7) is 1.59. The average molecular weight is 361 g/mol. The maximum Gasteiger partial charge on any atom is 0.325 e. The zero-order chi connectivity index (χ0) is 18.9. The van der Waals surface area contributed by atoms with Crippen molar-refractivity contribution in [3.63, 3.8) is 0 Å². The predicted octanol–water partition coefficient (Wildman–Crippen LogP) is 2.04. The number of rotatable bonds is 3. The zero-order valence-electron chi connectivity index (χ0n) is 14.8. The Hall–Kier alpha value is -3.40. The third-order valence-electron chi connectivity index (χ3n) is 5.38. The van der Waals surface area contributed by atoms with E-state index in [1.54, 1.807) is 23.2 Å². The Balaban J connectivity index is 1.54. The van der Waals surface area contributed by atoms with E-state index in [1.807, 2.05) is 30.3 Å². The van der Waals surface area contributed by atoms with E-state index in [2.05, 4.69) is 21.3 Å². The summed E-state index contributed by atoms with van der Waals surface area (Å²) < 4.78 is 0. The first-order valence-corrected chi connectivity index (χ1v) is 8.90. The number of benzene rings is 1. The number of carbonyl (C=O) groups is 2. The summed E-state index contributed by atoms with van der Waals surface area (Å²) in [7, 11) is 0. The molecule has 2 aliphatic heterocycles. The van der Waals surface area contributed by atoms with Crippen LogP contribution in [0.1, 0.15) is 24.0 Å². The van der Waals surface area contributed by atoms with Crippen LogP contribution in [0, 0.1) is 11.3 Å². The molecule has 2 fully saturated rings. The first-order valence-electron chi connectivity index (χ1n) is 8.90. The Kier molecular flexibility index (Phi) is 4.24. The van der Waals surface area contributed by atoms with Crippen molar-refractivity contribution >= 4 is 17.8 Å². The molecule has 136 valence electrons. The molecule has 7 nitrogen and oxygen atoms in total. The first kappa shape index (κ1) is 17.0.